The summed E-state index contributed by atoms with van der Waals surface area (Å²) in [5.41, 5.74) is 4.44. The van der Waals surface area contributed by atoms with Crippen molar-refractivity contribution in [3.63, 3.8) is 0 Å². The number of fused-ring (bicyclic) bond motifs is 2. The minimum atomic E-state index is -0.237. The molecular formula is C29H39N5O3. The van der Waals surface area contributed by atoms with Crippen LogP contribution in [0.2, 0.25) is 0 Å². The lowest BCUT2D eigenvalue weighted by Gasteiger charge is -2.35. The number of hydrogen-bond acceptors (Lipinski definition) is 6. The molecule has 8 nitrogen and oxygen atoms in total. The molecule has 0 spiro atoms. The zero-order valence-corrected chi connectivity index (χ0v) is 22.2. The van der Waals surface area contributed by atoms with Gasteiger partial charge >= 0.3 is 0 Å². The summed E-state index contributed by atoms with van der Waals surface area (Å²) in [6.07, 6.45) is 2.87. The predicted molar refractivity (Wildman–Crippen MR) is 143 cm³/mol. The first-order chi connectivity index (χ1) is 17.9. The molecule has 1 aliphatic heterocycles. The van der Waals surface area contributed by atoms with Crippen LogP contribution >= 0.6 is 0 Å². The molecule has 0 radical (unpaired) electrons. The first-order valence-corrected chi connectivity index (χ1v) is 13.2. The van der Waals surface area contributed by atoms with Gasteiger partial charge in [0.05, 0.1) is 31.6 Å². The van der Waals surface area contributed by atoms with Crippen LogP contribution in [0.4, 0.5) is 0 Å². The van der Waals surface area contributed by atoms with E-state index in [-0.39, 0.29) is 30.6 Å². The second-order valence-corrected chi connectivity index (χ2v) is 10.2. The second kappa shape index (κ2) is 12.9. The van der Waals surface area contributed by atoms with E-state index in [0.717, 1.165) is 12.2 Å². The van der Waals surface area contributed by atoms with E-state index < -0.39 is 0 Å². The summed E-state index contributed by atoms with van der Waals surface area (Å²) < 4.78 is 8.16. The fourth-order valence-electron chi connectivity index (χ4n) is 4.81. The number of hydrogen-bond donors (Lipinski definition) is 1. The second-order valence-electron chi connectivity index (χ2n) is 10.2. The number of rotatable bonds is 7. The Morgan fingerprint density at radius 1 is 1.14 bits per heavy atom. The monoisotopic (exact) mass is 505 g/mol. The van der Waals surface area contributed by atoms with E-state index in [2.05, 4.69) is 77.7 Å². The molecule has 0 aliphatic carbocycles. The molecule has 4 rings (SSSR count). The van der Waals surface area contributed by atoms with Crippen molar-refractivity contribution in [2.45, 2.75) is 58.5 Å². The molecule has 2 aromatic carbocycles. The quantitative estimate of drug-likeness (QED) is 0.528. The third kappa shape index (κ3) is 7.47. The van der Waals surface area contributed by atoms with Crippen molar-refractivity contribution < 1.29 is 14.6 Å². The fraction of sp³-hybridized carbons (Fsp3) is 0.483. The molecule has 0 unspecified atom stereocenters. The van der Waals surface area contributed by atoms with Crippen LogP contribution in [-0.4, -0.2) is 74.7 Å². The standard InChI is InChI=1S/C29H39N5O3/c1-22-16-34(23(2)20-35)29(36)10-7-15-33-18-27(30-31-33)21-37-28(22)19-32(3)17-24-11-13-26(14-12-24)25-8-5-4-6-9-25/h4-6,8-9,11-14,18,22-23,28,35H,7,10,15-17,19-21H2,1-3H3/t22-,23-,28+/m1/s1. The maximum Gasteiger partial charge on any atom is 0.222 e. The highest BCUT2D eigenvalue weighted by Crippen LogP contribution is 2.21. The van der Waals surface area contributed by atoms with E-state index >= 15 is 0 Å². The van der Waals surface area contributed by atoms with E-state index in [1.54, 1.807) is 4.68 Å². The van der Waals surface area contributed by atoms with Crippen LogP contribution in [-0.2, 0) is 29.2 Å². The number of likely N-dealkylation sites (N-methyl/N-ethyl adjacent to an activating group) is 1. The van der Waals surface area contributed by atoms with Gasteiger partial charge in [-0.3, -0.25) is 14.4 Å². The van der Waals surface area contributed by atoms with Crippen molar-refractivity contribution in [3.05, 3.63) is 72.1 Å². The number of aliphatic hydroxyl groups excluding tert-OH is 1. The van der Waals surface area contributed by atoms with Gasteiger partial charge in [-0.15, -0.1) is 5.10 Å². The van der Waals surface area contributed by atoms with E-state index in [1.165, 1.54) is 16.7 Å². The van der Waals surface area contributed by atoms with Gasteiger partial charge in [-0.25, -0.2) is 0 Å². The zero-order chi connectivity index (χ0) is 26.2. The number of aliphatic hydroxyl groups is 1. The Morgan fingerprint density at radius 2 is 1.86 bits per heavy atom. The van der Waals surface area contributed by atoms with Crippen molar-refractivity contribution in [3.8, 4) is 11.1 Å². The summed E-state index contributed by atoms with van der Waals surface area (Å²) in [7, 11) is 2.10. The molecule has 37 heavy (non-hydrogen) atoms. The molecule has 1 aromatic heterocycles. The van der Waals surface area contributed by atoms with Gasteiger partial charge in [-0.05, 0) is 37.1 Å². The number of benzene rings is 2. The summed E-state index contributed by atoms with van der Waals surface area (Å²) in [6.45, 7) is 6.98. The van der Waals surface area contributed by atoms with Gasteiger partial charge in [0.2, 0.25) is 5.91 Å². The van der Waals surface area contributed by atoms with Crippen LogP contribution in [0.5, 0.6) is 0 Å². The number of ether oxygens (including phenoxy) is 1. The summed E-state index contributed by atoms with van der Waals surface area (Å²) in [5.74, 6) is 0.121. The molecule has 198 valence electrons. The highest BCUT2D eigenvalue weighted by molar-refractivity contribution is 5.76. The first kappa shape index (κ1) is 27.0. The van der Waals surface area contributed by atoms with Gasteiger partial charge in [-0.2, -0.15) is 0 Å². The summed E-state index contributed by atoms with van der Waals surface area (Å²) >= 11 is 0. The molecule has 2 heterocycles. The SMILES string of the molecule is C[C@@H]1CN([C@H](C)CO)C(=O)CCCn2cc(nn2)CO[C@H]1CN(C)Cc1ccc(-c2ccccc2)cc1. The molecule has 1 aliphatic rings. The molecule has 0 saturated heterocycles. The van der Waals surface area contributed by atoms with Gasteiger partial charge in [0, 0.05) is 38.5 Å². The maximum absolute atomic E-state index is 13.0. The molecule has 3 aromatic rings. The molecule has 3 atom stereocenters. The van der Waals surface area contributed by atoms with Gasteiger partial charge in [0.1, 0.15) is 5.69 Å². The Morgan fingerprint density at radius 3 is 2.59 bits per heavy atom. The largest absolute Gasteiger partial charge is 0.394 e. The summed E-state index contributed by atoms with van der Waals surface area (Å²) in [4.78, 5) is 17.1. The molecule has 8 heteroatoms. The van der Waals surface area contributed by atoms with Crippen molar-refractivity contribution in [1.29, 1.82) is 0 Å². The smallest absolute Gasteiger partial charge is 0.222 e. The lowest BCUT2D eigenvalue weighted by Crippen LogP contribution is -2.47. The first-order valence-electron chi connectivity index (χ1n) is 13.2. The van der Waals surface area contributed by atoms with Crippen LogP contribution < -0.4 is 0 Å². The average Bonchev–Trinajstić information content (AvgIpc) is 3.37. The highest BCUT2D eigenvalue weighted by atomic mass is 16.5. The highest BCUT2D eigenvalue weighted by Gasteiger charge is 2.28. The van der Waals surface area contributed by atoms with Gasteiger partial charge in [0.25, 0.3) is 0 Å². The number of carbonyl (C=O) groups excluding carboxylic acids is 1. The van der Waals surface area contributed by atoms with Crippen molar-refractivity contribution >= 4 is 5.91 Å². The van der Waals surface area contributed by atoms with Crippen LogP contribution in [0.3, 0.4) is 0 Å². The van der Waals surface area contributed by atoms with Crippen molar-refractivity contribution in [1.82, 2.24) is 24.8 Å². The zero-order valence-electron chi connectivity index (χ0n) is 22.2. The van der Waals surface area contributed by atoms with E-state index in [4.69, 9.17) is 4.74 Å². The molecule has 1 amide bonds. The van der Waals surface area contributed by atoms with E-state index in [1.807, 2.05) is 24.1 Å². The lowest BCUT2D eigenvalue weighted by atomic mass is 10.0. The lowest BCUT2D eigenvalue weighted by molar-refractivity contribution is -0.136. The van der Waals surface area contributed by atoms with Crippen LogP contribution in [0.1, 0.15) is 37.9 Å². The number of aromatic nitrogens is 3. The maximum atomic E-state index is 13.0. The number of carbonyl (C=O) groups is 1. The van der Waals surface area contributed by atoms with Crippen LogP contribution in [0.15, 0.2) is 60.8 Å². The topological polar surface area (TPSA) is 83.7 Å². The van der Waals surface area contributed by atoms with Gasteiger partial charge in [-0.1, -0.05) is 66.7 Å². The molecule has 0 fully saturated rings. The Bertz CT molecular complexity index is 1120. The molecule has 0 saturated carbocycles. The Labute approximate surface area is 219 Å². The predicted octanol–water partition coefficient (Wildman–Crippen LogP) is 3.60. The third-order valence-electron chi connectivity index (χ3n) is 7.05. The third-order valence-corrected chi connectivity index (χ3v) is 7.05. The minimum absolute atomic E-state index is 0.0543. The Kier molecular flexibility index (Phi) is 9.44. The number of amides is 1. The number of aryl methyl sites for hydroxylation is 1. The molecule has 2 bridgehead atoms. The molecular weight excluding hydrogens is 466 g/mol. The van der Waals surface area contributed by atoms with Crippen molar-refractivity contribution in [2.24, 2.45) is 5.92 Å². The fourth-order valence-corrected chi connectivity index (χ4v) is 4.81. The van der Waals surface area contributed by atoms with Crippen LogP contribution in [0.25, 0.3) is 11.1 Å². The number of nitrogens with zero attached hydrogens (tertiary/aromatic N) is 5. The van der Waals surface area contributed by atoms with E-state index in [0.29, 0.717) is 39.1 Å². The average molecular weight is 506 g/mol. The molecule has 1 N–H and O–H groups in total. The summed E-state index contributed by atoms with van der Waals surface area (Å²) in [6, 6.07) is 18.8. The van der Waals surface area contributed by atoms with Gasteiger partial charge in [0.15, 0.2) is 0 Å². The van der Waals surface area contributed by atoms with E-state index in [9.17, 15) is 9.90 Å². The minimum Gasteiger partial charge on any atom is -0.394 e. The normalized spacial score (nSPS) is 20.2. The Hall–Kier alpha value is -3.07. The van der Waals surface area contributed by atoms with Crippen molar-refractivity contribution in [2.75, 3.05) is 26.7 Å². The van der Waals surface area contributed by atoms with Crippen LogP contribution in [0, 0.1) is 5.92 Å². The Balaban J connectivity index is 1.45. The van der Waals surface area contributed by atoms with Gasteiger partial charge < -0.3 is 14.7 Å². The summed E-state index contributed by atoms with van der Waals surface area (Å²) in [5, 5.41) is 18.2.